The van der Waals surface area contributed by atoms with Crippen molar-refractivity contribution in [3.8, 4) is 5.75 Å². The molecule has 3 rings (SSSR count). The standard InChI is InChI=1S/C16H16ClNO2/c17-15-9-18-7-6-12(15)10-20-13-5-4-11-2-1-3-16(19)14(11)8-13/h4-9,16,19H,1-3,10H2. The second-order valence-corrected chi connectivity index (χ2v) is 5.43. The van der Waals surface area contributed by atoms with Crippen LogP contribution in [0.2, 0.25) is 5.02 Å². The SMILES string of the molecule is OC1CCCc2ccc(OCc3ccncc3Cl)cc21. The molecule has 2 aromatic rings. The van der Waals surface area contributed by atoms with Crippen LogP contribution in [0.25, 0.3) is 0 Å². The van der Waals surface area contributed by atoms with Crippen LogP contribution in [0.4, 0.5) is 0 Å². The summed E-state index contributed by atoms with van der Waals surface area (Å²) in [6.07, 6.45) is 5.83. The lowest BCUT2D eigenvalue weighted by atomic mass is 9.89. The maximum Gasteiger partial charge on any atom is 0.120 e. The van der Waals surface area contributed by atoms with Gasteiger partial charge in [-0.15, -0.1) is 0 Å². The van der Waals surface area contributed by atoms with Crippen molar-refractivity contribution in [2.75, 3.05) is 0 Å². The van der Waals surface area contributed by atoms with Crippen LogP contribution in [0.5, 0.6) is 5.75 Å². The molecule has 1 heterocycles. The van der Waals surface area contributed by atoms with Crippen LogP contribution in [-0.4, -0.2) is 10.1 Å². The second-order valence-electron chi connectivity index (χ2n) is 5.02. The first-order valence-corrected chi connectivity index (χ1v) is 7.14. The van der Waals surface area contributed by atoms with Crippen molar-refractivity contribution < 1.29 is 9.84 Å². The molecule has 0 saturated carbocycles. The molecule has 3 nitrogen and oxygen atoms in total. The average molecular weight is 290 g/mol. The van der Waals surface area contributed by atoms with Gasteiger partial charge in [-0.25, -0.2) is 0 Å². The molecule has 1 N–H and O–H groups in total. The molecule has 1 atom stereocenters. The zero-order valence-corrected chi connectivity index (χ0v) is 11.8. The number of rotatable bonds is 3. The van der Waals surface area contributed by atoms with E-state index in [0.29, 0.717) is 11.6 Å². The Morgan fingerprint density at radius 3 is 3.10 bits per heavy atom. The summed E-state index contributed by atoms with van der Waals surface area (Å²) in [6.45, 7) is 0.399. The van der Waals surface area contributed by atoms with E-state index >= 15 is 0 Å². The number of ether oxygens (including phenoxy) is 1. The Morgan fingerprint density at radius 1 is 1.35 bits per heavy atom. The van der Waals surface area contributed by atoms with Gasteiger partial charge in [-0.3, -0.25) is 4.98 Å². The highest BCUT2D eigenvalue weighted by Gasteiger charge is 2.18. The number of aryl methyl sites for hydroxylation is 1. The lowest BCUT2D eigenvalue weighted by molar-refractivity contribution is 0.156. The van der Waals surface area contributed by atoms with E-state index in [1.807, 2.05) is 24.3 Å². The number of fused-ring (bicyclic) bond motifs is 1. The molecule has 1 aliphatic carbocycles. The van der Waals surface area contributed by atoms with E-state index in [9.17, 15) is 5.11 Å². The highest BCUT2D eigenvalue weighted by molar-refractivity contribution is 6.31. The number of halogens is 1. The zero-order valence-electron chi connectivity index (χ0n) is 11.1. The molecule has 104 valence electrons. The number of hydrogen-bond donors (Lipinski definition) is 1. The van der Waals surface area contributed by atoms with Gasteiger partial charge in [-0.1, -0.05) is 17.7 Å². The summed E-state index contributed by atoms with van der Waals surface area (Å²) < 4.78 is 5.76. The van der Waals surface area contributed by atoms with Crippen LogP contribution in [0.15, 0.2) is 36.7 Å². The fourth-order valence-corrected chi connectivity index (χ4v) is 2.70. The normalized spacial score (nSPS) is 17.6. The summed E-state index contributed by atoms with van der Waals surface area (Å²) in [4.78, 5) is 3.95. The van der Waals surface area contributed by atoms with Crippen molar-refractivity contribution in [2.24, 2.45) is 0 Å². The van der Waals surface area contributed by atoms with Crippen LogP contribution in [0, 0.1) is 0 Å². The molecule has 0 saturated heterocycles. The molecule has 1 aliphatic rings. The molecule has 0 amide bonds. The van der Waals surface area contributed by atoms with Crippen molar-refractivity contribution in [3.05, 3.63) is 58.4 Å². The topological polar surface area (TPSA) is 42.4 Å². The zero-order chi connectivity index (χ0) is 13.9. The van der Waals surface area contributed by atoms with Gasteiger partial charge in [-0.05, 0) is 48.6 Å². The summed E-state index contributed by atoms with van der Waals surface area (Å²) in [6, 6.07) is 7.77. The van der Waals surface area contributed by atoms with E-state index in [4.69, 9.17) is 16.3 Å². The fourth-order valence-electron chi connectivity index (χ4n) is 2.52. The molecule has 1 aromatic carbocycles. The molecule has 0 radical (unpaired) electrons. The first kappa shape index (κ1) is 13.4. The predicted molar refractivity (Wildman–Crippen MR) is 77.9 cm³/mol. The number of pyridine rings is 1. The van der Waals surface area contributed by atoms with Crippen LogP contribution in [0.1, 0.15) is 35.6 Å². The van der Waals surface area contributed by atoms with Crippen molar-refractivity contribution >= 4 is 11.6 Å². The van der Waals surface area contributed by atoms with E-state index < -0.39 is 0 Å². The van der Waals surface area contributed by atoms with Crippen molar-refractivity contribution in [1.29, 1.82) is 0 Å². The first-order chi connectivity index (χ1) is 9.74. The molecular weight excluding hydrogens is 274 g/mol. The maximum absolute atomic E-state index is 10.0. The van der Waals surface area contributed by atoms with Gasteiger partial charge >= 0.3 is 0 Å². The van der Waals surface area contributed by atoms with Crippen molar-refractivity contribution in [2.45, 2.75) is 32.0 Å². The van der Waals surface area contributed by atoms with Gasteiger partial charge < -0.3 is 9.84 Å². The molecule has 4 heteroatoms. The molecular formula is C16H16ClNO2. The molecule has 0 spiro atoms. The number of hydrogen-bond acceptors (Lipinski definition) is 3. The molecule has 0 fully saturated rings. The summed E-state index contributed by atoms with van der Waals surface area (Å²) in [5.41, 5.74) is 3.12. The summed E-state index contributed by atoms with van der Waals surface area (Å²) in [5, 5.41) is 10.6. The van der Waals surface area contributed by atoms with Gasteiger partial charge in [0.25, 0.3) is 0 Å². The third-order valence-corrected chi connectivity index (χ3v) is 3.99. The van der Waals surface area contributed by atoms with Gasteiger partial charge in [0.05, 0.1) is 11.1 Å². The third-order valence-electron chi connectivity index (χ3n) is 3.65. The predicted octanol–water partition coefficient (Wildman–Crippen LogP) is 3.68. The largest absolute Gasteiger partial charge is 0.489 e. The summed E-state index contributed by atoms with van der Waals surface area (Å²) >= 11 is 6.05. The number of aliphatic hydroxyl groups is 1. The Balaban J connectivity index is 1.75. The van der Waals surface area contributed by atoms with Gasteiger partial charge in [-0.2, -0.15) is 0 Å². The number of aliphatic hydroxyl groups excluding tert-OH is 1. The smallest absolute Gasteiger partial charge is 0.120 e. The molecule has 1 aromatic heterocycles. The van der Waals surface area contributed by atoms with E-state index in [1.54, 1.807) is 12.4 Å². The Labute approximate surface area is 123 Å². The van der Waals surface area contributed by atoms with Gasteiger partial charge in [0.2, 0.25) is 0 Å². The van der Waals surface area contributed by atoms with E-state index in [2.05, 4.69) is 4.98 Å². The Bertz CT molecular complexity index is 615. The van der Waals surface area contributed by atoms with Gasteiger partial charge in [0.15, 0.2) is 0 Å². The minimum Gasteiger partial charge on any atom is -0.489 e. The molecule has 0 bridgehead atoms. The van der Waals surface area contributed by atoms with Crippen LogP contribution in [-0.2, 0) is 13.0 Å². The lowest BCUT2D eigenvalue weighted by Gasteiger charge is -2.22. The third kappa shape index (κ3) is 2.79. The van der Waals surface area contributed by atoms with E-state index in [-0.39, 0.29) is 6.10 Å². The fraction of sp³-hybridized carbons (Fsp3) is 0.312. The number of aromatic nitrogens is 1. The van der Waals surface area contributed by atoms with Crippen LogP contribution in [0.3, 0.4) is 0 Å². The highest BCUT2D eigenvalue weighted by atomic mass is 35.5. The monoisotopic (exact) mass is 289 g/mol. The molecule has 20 heavy (non-hydrogen) atoms. The molecule has 0 aliphatic heterocycles. The van der Waals surface area contributed by atoms with Gasteiger partial charge in [0, 0.05) is 18.0 Å². The Morgan fingerprint density at radius 2 is 2.25 bits per heavy atom. The number of nitrogens with zero attached hydrogens (tertiary/aromatic N) is 1. The van der Waals surface area contributed by atoms with Gasteiger partial charge in [0.1, 0.15) is 12.4 Å². The van der Waals surface area contributed by atoms with E-state index in [1.165, 1.54) is 5.56 Å². The number of benzene rings is 1. The quantitative estimate of drug-likeness (QED) is 0.937. The summed E-state index contributed by atoms with van der Waals surface area (Å²) in [7, 11) is 0. The van der Waals surface area contributed by atoms with E-state index in [0.717, 1.165) is 36.1 Å². The van der Waals surface area contributed by atoms with Crippen molar-refractivity contribution in [3.63, 3.8) is 0 Å². The molecule has 1 unspecified atom stereocenters. The van der Waals surface area contributed by atoms with Crippen LogP contribution < -0.4 is 4.74 Å². The lowest BCUT2D eigenvalue weighted by Crippen LogP contribution is -2.09. The van der Waals surface area contributed by atoms with Crippen molar-refractivity contribution in [1.82, 2.24) is 4.98 Å². The maximum atomic E-state index is 10.0. The Kier molecular flexibility index (Phi) is 3.90. The summed E-state index contributed by atoms with van der Waals surface area (Å²) in [5.74, 6) is 0.762. The second kappa shape index (κ2) is 5.81. The highest BCUT2D eigenvalue weighted by Crippen LogP contribution is 2.32. The minimum atomic E-state index is -0.369. The minimum absolute atomic E-state index is 0.369. The van der Waals surface area contributed by atoms with Crippen LogP contribution >= 0.6 is 11.6 Å². The first-order valence-electron chi connectivity index (χ1n) is 6.76. The Hall–Kier alpha value is -1.58. The average Bonchev–Trinajstić information content (AvgIpc) is 2.47.